The van der Waals surface area contributed by atoms with E-state index >= 15 is 0 Å². The summed E-state index contributed by atoms with van der Waals surface area (Å²) in [5.74, 6) is 0.154. The van der Waals surface area contributed by atoms with Gasteiger partial charge in [-0.05, 0) is 64.6 Å². The van der Waals surface area contributed by atoms with Gasteiger partial charge in [-0.25, -0.2) is 14.2 Å². The summed E-state index contributed by atoms with van der Waals surface area (Å²) in [7, 11) is 1.53. The number of aliphatic imine (C=N–C) groups is 1. The van der Waals surface area contributed by atoms with Crippen LogP contribution in [0.15, 0.2) is 59.7 Å². The molecule has 0 N–H and O–H groups in total. The second kappa shape index (κ2) is 8.34. The van der Waals surface area contributed by atoms with E-state index in [1.54, 1.807) is 24.3 Å². The van der Waals surface area contributed by atoms with Gasteiger partial charge < -0.3 is 14.2 Å². The zero-order valence-electron chi connectivity index (χ0n) is 14.4. The summed E-state index contributed by atoms with van der Waals surface area (Å²) in [5, 5.41) is 0. The Hall–Kier alpha value is -2.68. The number of methoxy groups -OCH3 is 1. The highest BCUT2D eigenvalue weighted by Crippen LogP contribution is 2.35. The van der Waals surface area contributed by atoms with E-state index in [9.17, 15) is 9.18 Å². The van der Waals surface area contributed by atoms with E-state index in [2.05, 4.69) is 34.2 Å². The molecule has 2 aromatic rings. The first kappa shape index (κ1) is 19.1. The third-order valence-electron chi connectivity index (χ3n) is 3.59. The maximum absolute atomic E-state index is 13.4. The Morgan fingerprint density at radius 3 is 2.85 bits per heavy atom. The molecule has 0 bridgehead atoms. The van der Waals surface area contributed by atoms with Crippen molar-refractivity contribution in [3.8, 4) is 11.5 Å². The van der Waals surface area contributed by atoms with Crippen LogP contribution < -0.4 is 9.47 Å². The lowest BCUT2D eigenvalue weighted by Crippen LogP contribution is -2.05. The van der Waals surface area contributed by atoms with Crippen LogP contribution in [-0.4, -0.2) is 25.6 Å². The molecule has 1 aliphatic heterocycles. The SMILES string of the molecule is C=CCOc1c(I)cc(C=C2N=C(c3cccc(F)c3)OC2=O)cc1OC. The minimum absolute atomic E-state index is 0.0679. The van der Waals surface area contributed by atoms with E-state index in [1.807, 2.05) is 6.07 Å². The van der Waals surface area contributed by atoms with Gasteiger partial charge in [0, 0.05) is 5.56 Å². The number of benzene rings is 2. The van der Waals surface area contributed by atoms with Gasteiger partial charge in [-0.2, -0.15) is 0 Å². The fraction of sp³-hybridized carbons (Fsp3) is 0.100. The molecule has 0 saturated heterocycles. The number of carbonyl (C=O) groups is 1. The first-order valence-corrected chi connectivity index (χ1v) is 8.99. The van der Waals surface area contributed by atoms with E-state index in [1.165, 1.54) is 25.3 Å². The van der Waals surface area contributed by atoms with Crippen molar-refractivity contribution in [1.29, 1.82) is 0 Å². The molecule has 27 heavy (non-hydrogen) atoms. The Bertz CT molecular complexity index is 968. The minimum Gasteiger partial charge on any atom is -0.493 e. The Kier molecular flexibility index (Phi) is 5.90. The molecule has 0 aromatic heterocycles. The lowest BCUT2D eigenvalue weighted by atomic mass is 10.1. The molecule has 0 radical (unpaired) electrons. The van der Waals surface area contributed by atoms with Gasteiger partial charge in [-0.15, -0.1) is 0 Å². The molecule has 0 aliphatic carbocycles. The average Bonchev–Trinajstić information content (AvgIpc) is 3.01. The number of halogens is 2. The highest BCUT2D eigenvalue weighted by Gasteiger charge is 2.24. The second-order valence-corrected chi connectivity index (χ2v) is 6.64. The van der Waals surface area contributed by atoms with Gasteiger partial charge in [0.2, 0.25) is 5.90 Å². The van der Waals surface area contributed by atoms with Crippen molar-refractivity contribution in [2.75, 3.05) is 13.7 Å². The van der Waals surface area contributed by atoms with E-state index in [0.717, 1.165) is 3.57 Å². The molecule has 0 saturated carbocycles. The molecule has 0 amide bonds. The van der Waals surface area contributed by atoms with Crippen LogP contribution in [0.5, 0.6) is 11.5 Å². The number of nitrogens with zero attached hydrogens (tertiary/aromatic N) is 1. The van der Waals surface area contributed by atoms with E-state index in [-0.39, 0.29) is 11.6 Å². The number of hydrogen-bond donors (Lipinski definition) is 0. The molecule has 138 valence electrons. The lowest BCUT2D eigenvalue weighted by Gasteiger charge is -2.12. The summed E-state index contributed by atoms with van der Waals surface area (Å²) >= 11 is 2.12. The van der Waals surface area contributed by atoms with E-state index in [0.29, 0.717) is 29.2 Å². The van der Waals surface area contributed by atoms with E-state index in [4.69, 9.17) is 14.2 Å². The summed E-state index contributed by atoms with van der Waals surface area (Å²) < 4.78 is 30.3. The van der Waals surface area contributed by atoms with Crippen molar-refractivity contribution in [2.24, 2.45) is 4.99 Å². The van der Waals surface area contributed by atoms with Gasteiger partial charge in [0.05, 0.1) is 10.7 Å². The van der Waals surface area contributed by atoms with Crippen LogP contribution in [0.2, 0.25) is 0 Å². The van der Waals surface area contributed by atoms with Gasteiger partial charge in [-0.3, -0.25) is 0 Å². The van der Waals surface area contributed by atoms with Crippen LogP contribution in [0, 0.1) is 9.39 Å². The fourth-order valence-corrected chi connectivity index (χ4v) is 3.20. The fourth-order valence-electron chi connectivity index (χ4n) is 2.42. The molecular weight excluding hydrogens is 464 g/mol. The summed E-state index contributed by atoms with van der Waals surface area (Å²) in [4.78, 5) is 16.3. The predicted octanol–water partition coefficient (Wildman–Crippen LogP) is 4.35. The molecule has 3 rings (SSSR count). The van der Waals surface area contributed by atoms with Crippen molar-refractivity contribution in [3.63, 3.8) is 0 Å². The number of carbonyl (C=O) groups excluding carboxylic acids is 1. The van der Waals surface area contributed by atoms with Crippen LogP contribution in [0.3, 0.4) is 0 Å². The van der Waals surface area contributed by atoms with Gasteiger partial charge in [-0.1, -0.05) is 18.7 Å². The molecule has 0 unspecified atom stereocenters. The number of rotatable bonds is 6. The Morgan fingerprint density at radius 1 is 1.33 bits per heavy atom. The zero-order valence-corrected chi connectivity index (χ0v) is 16.5. The molecule has 7 heteroatoms. The lowest BCUT2D eigenvalue weighted by molar-refractivity contribution is -0.129. The first-order valence-electron chi connectivity index (χ1n) is 7.91. The first-order chi connectivity index (χ1) is 13.0. The monoisotopic (exact) mass is 479 g/mol. The summed E-state index contributed by atoms with van der Waals surface area (Å²) in [6, 6.07) is 9.27. The average molecular weight is 479 g/mol. The maximum Gasteiger partial charge on any atom is 0.363 e. The quantitative estimate of drug-likeness (QED) is 0.268. The highest BCUT2D eigenvalue weighted by atomic mass is 127. The van der Waals surface area contributed by atoms with Gasteiger partial charge in [0.1, 0.15) is 12.4 Å². The molecule has 0 fully saturated rings. The number of ether oxygens (including phenoxy) is 3. The molecule has 0 spiro atoms. The molecule has 1 aliphatic rings. The van der Waals surface area contributed by atoms with Crippen molar-refractivity contribution in [3.05, 3.63) is 75.3 Å². The zero-order chi connectivity index (χ0) is 19.4. The molecule has 2 aromatic carbocycles. The van der Waals surface area contributed by atoms with Crippen molar-refractivity contribution in [2.45, 2.75) is 0 Å². The van der Waals surface area contributed by atoms with Crippen LogP contribution in [0.25, 0.3) is 6.08 Å². The maximum atomic E-state index is 13.4. The Morgan fingerprint density at radius 2 is 2.15 bits per heavy atom. The molecule has 5 nitrogen and oxygen atoms in total. The summed E-state index contributed by atoms with van der Waals surface area (Å²) in [6.45, 7) is 3.97. The number of esters is 1. The standard InChI is InChI=1S/C20H15FINO4/c1-3-7-26-18-15(22)8-12(10-17(18)25-2)9-16-20(24)27-19(23-16)13-5-4-6-14(21)11-13/h3-6,8-11H,1,7H2,2H3. The highest BCUT2D eigenvalue weighted by molar-refractivity contribution is 14.1. The van der Waals surface area contributed by atoms with Crippen LogP contribution >= 0.6 is 22.6 Å². The Labute approximate surface area is 169 Å². The molecular formula is C20H15FINO4. The second-order valence-electron chi connectivity index (χ2n) is 5.48. The van der Waals surface area contributed by atoms with Crippen molar-refractivity contribution >= 4 is 40.5 Å². The Balaban J connectivity index is 1.95. The minimum atomic E-state index is -0.602. The number of cyclic esters (lactones) is 1. The van der Waals surface area contributed by atoms with Crippen LogP contribution in [-0.2, 0) is 9.53 Å². The smallest absolute Gasteiger partial charge is 0.363 e. The van der Waals surface area contributed by atoms with Crippen LogP contribution in [0.4, 0.5) is 4.39 Å². The number of hydrogen-bond acceptors (Lipinski definition) is 5. The van der Waals surface area contributed by atoms with Crippen molar-refractivity contribution in [1.82, 2.24) is 0 Å². The predicted molar refractivity (Wildman–Crippen MR) is 108 cm³/mol. The molecule has 0 atom stereocenters. The van der Waals surface area contributed by atoms with Crippen molar-refractivity contribution < 1.29 is 23.4 Å². The van der Waals surface area contributed by atoms with Crippen LogP contribution in [0.1, 0.15) is 11.1 Å². The third kappa shape index (κ3) is 4.36. The van der Waals surface area contributed by atoms with Gasteiger partial charge in [0.15, 0.2) is 17.2 Å². The van der Waals surface area contributed by atoms with Gasteiger partial charge in [0.25, 0.3) is 0 Å². The third-order valence-corrected chi connectivity index (χ3v) is 4.39. The molecule has 1 heterocycles. The normalized spacial score (nSPS) is 14.7. The topological polar surface area (TPSA) is 57.1 Å². The summed E-state index contributed by atoms with van der Waals surface area (Å²) in [5.41, 5.74) is 1.21. The largest absolute Gasteiger partial charge is 0.493 e. The summed E-state index contributed by atoms with van der Waals surface area (Å²) in [6.07, 6.45) is 3.22. The van der Waals surface area contributed by atoms with E-state index < -0.39 is 11.8 Å². The van der Waals surface area contributed by atoms with Gasteiger partial charge >= 0.3 is 5.97 Å².